The van der Waals surface area contributed by atoms with Crippen LogP contribution < -0.4 is 5.32 Å². The summed E-state index contributed by atoms with van der Waals surface area (Å²) in [5, 5.41) is 3.21. The minimum atomic E-state index is 0. The van der Waals surface area contributed by atoms with E-state index in [2.05, 4.69) is 12.2 Å². The minimum Gasteiger partial charge on any atom is -0.383 e. The summed E-state index contributed by atoms with van der Waals surface area (Å²) in [7, 11) is 1.72. The highest BCUT2D eigenvalue weighted by atomic mass is 35.5. The second-order valence-electron chi connectivity index (χ2n) is 1.74. The molecule has 1 N–H and O–H groups in total. The Morgan fingerprint density at radius 3 is 2.44 bits per heavy atom. The molecule has 0 atom stereocenters. The van der Waals surface area contributed by atoms with Crippen LogP contribution in [0.4, 0.5) is 0 Å². The van der Waals surface area contributed by atoms with E-state index in [1.54, 1.807) is 7.11 Å². The number of halogens is 1. The molecule has 0 aromatic heterocycles. The molecule has 0 spiro atoms. The third kappa shape index (κ3) is 11.7. The van der Waals surface area contributed by atoms with Crippen LogP contribution in [0, 0.1) is 0 Å². The maximum atomic E-state index is 4.83. The molecule has 9 heavy (non-hydrogen) atoms. The fourth-order valence-electron chi connectivity index (χ4n) is 0.476. The van der Waals surface area contributed by atoms with Gasteiger partial charge in [0.15, 0.2) is 0 Å². The first kappa shape index (κ1) is 11.9. The zero-order valence-corrected chi connectivity index (χ0v) is 6.96. The average Bonchev–Trinajstić information content (AvgIpc) is 1.81. The highest BCUT2D eigenvalue weighted by molar-refractivity contribution is 5.85. The molecule has 0 amide bonds. The van der Waals surface area contributed by atoms with Gasteiger partial charge in [-0.15, -0.1) is 12.4 Å². The fraction of sp³-hybridized carbons (Fsp3) is 1.00. The van der Waals surface area contributed by atoms with Gasteiger partial charge in [0, 0.05) is 13.7 Å². The summed E-state index contributed by atoms with van der Waals surface area (Å²) in [6.07, 6.45) is 1.20. The van der Waals surface area contributed by atoms with E-state index >= 15 is 0 Å². The minimum absolute atomic E-state index is 0. The van der Waals surface area contributed by atoms with Crippen molar-refractivity contribution in [2.45, 2.75) is 13.3 Å². The van der Waals surface area contributed by atoms with Crippen molar-refractivity contribution in [2.24, 2.45) is 0 Å². The van der Waals surface area contributed by atoms with E-state index in [4.69, 9.17) is 4.74 Å². The summed E-state index contributed by atoms with van der Waals surface area (Å²) in [4.78, 5) is 0. The topological polar surface area (TPSA) is 21.3 Å². The molecule has 0 aliphatic heterocycles. The zero-order valence-electron chi connectivity index (χ0n) is 6.14. The lowest BCUT2D eigenvalue weighted by molar-refractivity contribution is 0.199. The Labute approximate surface area is 63.4 Å². The second-order valence-corrected chi connectivity index (χ2v) is 1.74. The lowest BCUT2D eigenvalue weighted by Crippen LogP contribution is -2.19. The van der Waals surface area contributed by atoms with E-state index in [1.807, 2.05) is 0 Å². The summed E-state index contributed by atoms with van der Waals surface area (Å²) < 4.78 is 4.83. The number of methoxy groups -OCH3 is 1. The number of rotatable bonds is 5. The Bertz CT molecular complexity index is 38.0. The Morgan fingerprint density at radius 1 is 1.33 bits per heavy atom. The Balaban J connectivity index is 0. The lowest BCUT2D eigenvalue weighted by Gasteiger charge is -1.98. The lowest BCUT2D eigenvalue weighted by atomic mass is 10.5. The molecule has 0 aromatic carbocycles. The van der Waals surface area contributed by atoms with Gasteiger partial charge >= 0.3 is 0 Å². The van der Waals surface area contributed by atoms with Crippen molar-refractivity contribution in [3.05, 3.63) is 0 Å². The largest absolute Gasteiger partial charge is 0.383 e. The van der Waals surface area contributed by atoms with Crippen LogP contribution >= 0.6 is 12.4 Å². The van der Waals surface area contributed by atoms with Crippen LogP contribution in [-0.4, -0.2) is 26.8 Å². The highest BCUT2D eigenvalue weighted by Gasteiger charge is 1.80. The van der Waals surface area contributed by atoms with Crippen molar-refractivity contribution in [1.29, 1.82) is 0 Å². The third-order valence-electron chi connectivity index (χ3n) is 0.910. The number of nitrogens with one attached hydrogen (secondary N) is 1. The van der Waals surface area contributed by atoms with Gasteiger partial charge in [-0.25, -0.2) is 0 Å². The maximum absolute atomic E-state index is 4.83. The standard InChI is InChI=1S/C6H15NO.ClH/c1-3-4-7-5-6-8-2;/h7H,3-6H2,1-2H3;1H. The van der Waals surface area contributed by atoms with Crippen LogP contribution in [0.2, 0.25) is 0 Å². The van der Waals surface area contributed by atoms with Crippen molar-refractivity contribution in [3.8, 4) is 0 Å². The van der Waals surface area contributed by atoms with E-state index in [9.17, 15) is 0 Å². The molecule has 2 nitrogen and oxygen atoms in total. The van der Waals surface area contributed by atoms with Gasteiger partial charge in [-0.1, -0.05) is 6.92 Å². The average molecular weight is 154 g/mol. The van der Waals surface area contributed by atoms with Gasteiger partial charge in [-0.2, -0.15) is 0 Å². The molecule has 0 radical (unpaired) electrons. The van der Waals surface area contributed by atoms with E-state index < -0.39 is 0 Å². The number of hydrogen-bond acceptors (Lipinski definition) is 2. The van der Waals surface area contributed by atoms with Crippen LogP contribution in [0.15, 0.2) is 0 Å². The van der Waals surface area contributed by atoms with Crippen molar-refractivity contribution in [2.75, 3.05) is 26.8 Å². The van der Waals surface area contributed by atoms with Crippen LogP contribution in [0.5, 0.6) is 0 Å². The highest BCUT2D eigenvalue weighted by Crippen LogP contribution is 1.68. The van der Waals surface area contributed by atoms with Gasteiger partial charge in [-0.05, 0) is 13.0 Å². The van der Waals surface area contributed by atoms with E-state index in [0.717, 1.165) is 19.7 Å². The summed E-state index contributed by atoms with van der Waals surface area (Å²) in [6.45, 7) is 5.05. The quantitative estimate of drug-likeness (QED) is 0.597. The first-order valence-corrected chi connectivity index (χ1v) is 3.11. The summed E-state index contributed by atoms with van der Waals surface area (Å²) in [5.74, 6) is 0. The van der Waals surface area contributed by atoms with Gasteiger partial charge < -0.3 is 10.1 Å². The Hall–Kier alpha value is 0.210. The smallest absolute Gasteiger partial charge is 0.0587 e. The van der Waals surface area contributed by atoms with E-state index in [-0.39, 0.29) is 12.4 Å². The monoisotopic (exact) mass is 153 g/mol. The molecule has 58 valence electrons. The number of hydrogen-bond donors (Lipinski definition) is 1. The maximum Gasteiger partial charge on any atom is 0.0587 e. The first-order valence-electron chi connectivity index (χ1n) is 3.11. The summed E-state index contributed by atoms with van der Waals surface area (Å²) >= 11 is 0. The van der Waals surface area contributed by atoms with Gasteiger partial charge in [0.05, 0.1) is 6.61 Å². The first-order chi connectivity index (χ1) is 3.91. The van der Waals surface area contributed by atoms with E-state index in [0.29, 0.717) is 0 Å². The molecular weight excluding hydrogens is 138 g/mol. The van der Waals surface area contributed by atoms with Crippen LogP contribution in [0.25, 0.3) is 0 Å². The molecule has 0 aromatic rings. The molecule has 0 heterocycles. The van der Waals surface area contributed by atoms with Gasteiger partial charge in [0.1, 0.15) is 0 Å². The SMILES string of the molecule is CCCNCCOC.Cl. The van der Waals surface area contributed by atoms with Crippen molar-refractivity contribution in [3.63, 3.8) is 0 Å². The van der Waals surface area contributed by atoms with E-state index in [1.165, 1.54) is 6.42 Å². The van der Waals surface area contributed by atoms with Gasteiger partial charge in [0.25, 0.3) is 0 Å². The predicted octanol–water partition coefficient (Wildman–Crippen LogP) is 1.05. The molecule has 3 heteroatoms. The van der Waals surface area contributed by atoms with Crippen LogP contribution in [0.3, 0.4) is 0 Å². The normalized spacial score (nSPS) is 8.67. The van der Waals surface area contributed by atoms with Crippen molar-refractivity contribution in [1.82, 2.24) is 5.32 Å². The summed E-state index contributed by atoms with van der Waals surface area (Å²) in [6, 6.07) is 0. The Morgan fingerprint density at radius 2 is 2.00 bits per heavy atom. The van der Waals surface area contributed by atoms with Gasteiger partial charge in [-0.3, -0.25) is 0 Å². The molecular formula is C6H16ClNO. The third-order valence-corrected chi connectivity index (χ3v) is 0.910. The summed E-state index contributed by atoms with van der Waals surface area (Å²) in [5.41, 5.74) is 0. The molecule has 0 bridgehead atoms. The second kappa shape index (κ2) is 11.1. The van der Waals surface area contributed by atoms with Gasteiger partial charge in [0.2, 0.25) is 0 Å². The predicted molar refractivity (Wildman–Crippen MR) is 42.3 cm³/mol. The molecule has 0 saturated carbocycles. The molecule has 0 rings (SSSR count). The number of ether oxygens (including phenoxy) is 1. The molecule has 0 unspecified atom stereocenters. The Kier molecular flexibility index (Phi) is 14.7. The van der Waals surface area contributed by atoms with Crippen LogP contribution in [0.1, 0.15) is 13.3 Å². The van der Waals surface area contributed by atoms with Crippen molar-refractivity contribution >= 4 is 12.4 Å². The zero-order chi connectivity index (χ0) is 6.24. The molecule has 0 aliphatic carbocycles. The van der Waals surface area contributed by atoms with Crippen molar-refractivity contribution < 1.29 is 4.74 Å². The van der Waals surface area contributed by atoms with Crippen LogP contribution in [-0.2, 0) is 4.74 Å². The fourth-order valence-corrected chi connectivity index (χ4v) is 0.476. The molecule has 0 aliphatic rings. The molecule has 0 saturated heterocycles. The molecule has 0 fully saturated rings.